The number of halogens is 1. The largest absolute Gasteiger partial charge is 0.465 e. The first-order chi connectivity index (χ1) is 9.65. The Hall–Kier alpha value is -1.37. The number of furan rings is 1. The number of carbonyl (C=O) groups is 1. The van der Waals surface area contributed by atoms with Gasteiger partial charge in [0.05, 0.1) is 16.9 Å². The average Bonchev–Trinajstić information content (AvgIpc) is 2.99. The molecular formula is C14H8BrNO2S2. The first-order valence-electron chi connectivity index (χ1n) is 5.72. The van der Waals surface area contributed by atoms with Crippen LogP contribution in [0.15, 0.2) is 56.5 Å². The molecule has 0 aliphatic carbocycles. The predicted molar refractivity (Wildman–Crippen MR) is 88.9 cm³/mol. The predicted octanol–water partition coefficient (Wildman–Crippen LogP) is 5.08. The summed E-state index contributed by atoms with van der Waals surface area (Å²) in [6.07, 6.45) is 3.37. The summed E-state index contributed by atoms with van der Waals surface area (Å²) in [7, 11) is 0. The molecule has 3 rings (SSSR count). The molecule has 2 aromatic rings. The highest BCUT2D eigenvalue weighted by molar-refractivity contribution is 9.10. The summed E-state index contributed by atoms with van der Waals surface area (Å²) in [5.74, 6) is 0.679. The van der Waals surface area contributed by atoms with E-state index in [-0.39, 0.29) is 5.24 Å². The van der Waals surface area contributed by atoms with Crippen molar-refractivity contribution in [2.45, 2.75) is 0 Å². The molecule has 3 nitrogen and oxygen atoms in total. The third-order valence-corrected chi connectivity index (χ3v) is 4.59. The number of amides is 1. The monoisotopic (exact) mass is 365 g/mol. The Balaban J connectivity index is 1.95. The van der Waals surface area contributed by atoms with Gasteiger partial charge < -0.3 is 4.42 Å². The molecule has 0 N–H and O–H groups in total. The van der Waals surface area contributed by atoms with Gasteiger partial charge in [-0.15, -0.1) is 0 Å². The minimum atomic E-state index is -0.106. The Morgan fingerprint density at radius 2 is 2.15 bits per heavy atom. The number of nitrogens with zero attached hydrogens (tertiary/aromatic N) is 1. The molecule has 1 amide bonds. The molecule has 1 aliphatic rings. The van der Waals surface area contributed by atoms with Crippen LogP contribution in [0.5, 0.6) is 0 Å². The van der Waals surface area contributed by atoms with Crippen LogP contribution in [0.2, 0.25) is 0 Å². The summed E-state index contributed by atoms with van der Waals surface area (Å²) < 4.78 is 6.15. The molecule has 6 heteroatoms. The van der Waals surface area contributed by atoms with Crippen molar-refractivity contribution in [1.82, 2.24) is 0 Å². The third-order valence-electron chi connectivity index (χ3n) is 2.68. The number of carbonyl (C=O) groups excluding carboxylic acids is 1. The number of benzene rings is 1. The second-order valence-electron chi connectivity index (χ2n) is 4.01. The van der Waals surface area contributed by atoms with Crippen LogP contribution in [0.3, 0.4) is 0 Å². The van der Waals surface area contributed by atoms with Crippen molar-refractivity contribution in [1.29, 1.82) is 0 Å². The molecule has 1 saturated heterocycles. The number of rotatable bonds is 2. The molecule has 2 heterocycles. The van der Waals surface area contributed by atoms with E-state index in [0.29, 0.717) is 10.7 Å². The smallest absolute Gasteiger partial charge is 0.296 e. The summed E-state index contributed by atoms with van der Waals surface area (Å²) in [5, 5.41) is -0.106. The van der Waals surface area contributed by atoms with Crippen molar-refractivity contribution in [2.75, 3.05) is 4.90 Å². The van der Waals surface area contributed by atoms with Crippen LogP contribution in [0.4, 0.5) is 10.5 Å². The zero-order valence-electron chi connectivity index (χ0n) is 10.1. The van der Waals surface area contributed by atoms with E-state index in [1.165, 1.54) is 4.90 Å². The van der Waals surface area contributed by atoms with Gasteiger partial charge in [0.15, 0.2) is 0 Å². The molecule has 1 aliphatic heterocycles. The first-order valence-corrected chi connectivity index (χ1v) is 7.74. The molecule has 0 spiro atoms. The van der Waals surface area contributed by atoms with Gasteiger partial charge in [0, 0.05) is 4.47 Å². The van der Waals surface area contributed by atoms with Gasteiger partial charge in [0.1, 0.15) is 10.7 Å². The van der Waals surface area contributed by atoms with Crippen molar-refractivity contribution in [3.8, 4) is 0 Å². The lowest BCUT2D eigenvalue weighted by atomic mass is 10.3. The second kappa shape index (κ2) is 5.55. The Morgan fingerprint density at radius 3 is 2.85 bits per heavy atom. The van der Waals surface area contributed by atoms with Crippen molar-refractivity contribution in [2.24, 2.45) is 0 Å². The molecule has 100 valence electrons. The van der Waals surface area contributed by atoms with Gasteiger partial charge in [0.2, 0.25) is 0 Å². The maximum atomic E-state index is 12.1. The van der Waals surface area contributed by atoms with E-state index in [9.17, 15) is 4.79 Å². The zero-order chi connectivity index (χ0) is 14.1. The summed E-state index contributed by atoms with van der Waals surface area (Å²) >= 11 is 9.90. The number of hydrogen-bond donors (Lipinski definition) is 0. The fraction of sp³-hybridized carbons (Fsp3) is 0. The Bertz CT molecular complexity index is 710. The first kappa shape index (κ1) is 13.6. The molecule has 0 atom stereocenters. The van der Waals surface area contributed by atoms with Crippen LogP contribution < -0.4 is 4.90 Å². The van der Waals surface area contributed by atoms with Gasteiger partial charge in [-0.2, -0.15) is 0 Å². The Labute approximate surface area is 133 Å². The topological polar surface area (TPSA) is 33.5 Å². The summed E-state index contributed by atoms with van der Waals surface area (Å²) in [6, 6.07) is 11.1. The van der Waals surface area contributed by atoms with Gasteiger partial charge in [-0.05, 0) is 48.2 Å². The molecule has 20 heavy (non-hydrogen) atoms. The highest BCUT2D eigenvalue weighted by atomic mass is 79.9. The lowest BCUT2D eigenvalue weighted by molar-refractivity contribution is 0.268. The van der Waals surface area contributed by atoms with E-state index in [2.05, 4.69) is 15.9 Å². The molecule has 0 unspecified atom stereocenters. The van der Waals surface area contributed by atoms with Crippen molar-refractivity contribution >= 4 is 61.9 Å². The van der Waals surface area contributed by atoms with E-state index in [1.807, 2.05) is 30.3 Å². The Morgan fingerprint density at radius 1 is 1.30 bits per heavy atom. The quantitative estimate of drug-likeness (QED) is 0.548. The standard InChI is InChI=1S/C14H8BrNO2S2/c15-9-3-1-4-10(7-9)16-13(19)12(20-14(16)17)8-11-5-2-6-18-11/h1-8H/b12-8+. The number of thiocarbonyl (C=S) groups is 1. The van der Waals surface area contributed by atoms with Crippen LogP contribution in [0.25, 0.3) is 6.08 Å². The normalized spacial score (nSPS) is 17.2. The Kier molecular flexibility index (Phi) is 3.78. The van der Waals surface area contributed by atoms with Crippen LogP contribution in [0.1, 0.15) is 5.76 Å². The average molecular weight is 366 g/mol. The van der Waals surface area contributed by atoms with E-state index in [4.69, 9.17) is 16.6 Å². The van der Waals surface area contributed by atoms with Gasteiger partial charge in [-0.1, -0.05) is 34.2 Å². The molecule has 1 fully saturated rings. The molecule has 0 radical (unpaired) electrons. The fourth-order valence-electron chi connectivity index (χ4n) is 1.81. The molecule has 0 saturated carbocycles. The summed E-state index contributed by atoms with van der Waals surface area (Å²) in [6.45, 7) is 0. The fourth-order valence-corrected chi connectivity index (χ4v) is 3.46. The number of anilines is 1. The van der Waals surface area contributed by atoms with E-state index in [0.717, 1.165) is 26.8 Å². The summed E-state index contributed by atoms with van der Waals surface area (Å²) in [4.78, 5) is 14.9. The van der Waals surface area contributed by atoms with Crippen LogP contribution >= 0.6 is 39.9 Å². The van der Waals surface area contributed by atoms with Crippen LogP contribution in [-0.2, 0) is 0 Å². The van der Waals surface area contributed by atoms with Crippen molar-refractivity contribution < 1.29 is 9.21 Å². The zero-order valence-corrected chi connectivity index (χ0v) is 13.3. The van der Waals surface area contributed by atoms with Gasteiger partial charge in [-0.3, -0.25) is 9.69 Å². The van der Waals surface area contributed by atoms with E-state index < -0.39 is 0 Å². The number of hydrogen-bond acceptors (Lipinski definition) is 4. The SMILES string of the molecule is O=C1S/C(=C/c2ccco2)C(=S)N1c1cccc(Br)c1. The lowest BCUT2D eigenvalue weighted by Crippen LogP contribution is -2.26. The molecule has 1 aromatic heterocycles. The molecule has 1 aromatic carbocycles. The minimum absolute atomic E-state index is 0.106. The number of thioether (sulfide) groups is 1. The highest BCUT2D eigenvalue weighted by Gasteiger charge is 2.33. The maximum absolute atomic E-state index is 12.1. The van der Waals surface area contributed by atoms with Crippen molar-refractivity contribution in [3.63, 3.8) is 0 Å². The lowest BCUT2D eigenvalue weighted by Gasteiger charge is -2.14. The molecular weight excluding hydrogens is 358 g/mol. The molecule has 0 bridgehead atoms. The van der Waals surface area contributed by atoms with Gasteiger partial charge in [0.25, 0.3) is 5.24 Å². The second-order valence-corrected chi connectivity index (χ2v) is 6.31. The highest BCUT2D eigenvalue weighted by Crippen LogP contribution is 2.37. The van der Waals surface area contributed by atoms with Gasteiger partial charge in [-0.25, -0.2) is 0 Å². The summed E-state index contributed by atoms with van der Waals surface area (Å²) in [5.41, 5.74) is 0.754. The minimum Gasteiger partial charge on any atom is -0.465 e. The van der Waals surface area contributed by atoms with Crippen LogP contribution in [-0.4, -0.2) is 10.2 Å². The van der Waals surface area contributed by atoms with E-state index >= 15 is 0 Å². The van der Waals surface area contributed by atoms with E-state index in [1.54, 1.807) is 18.4 Å². The third kappa shape index (κ3) is 2.59. The maximum Gasteiger partial charge on any atom is 0.296 e. The van der Waals surface area contributed by atoms with Gasteiger partial charge >= 0.3 is 0 Å². The van der Waals surface area contributed by atoms with Crippen molar-refractivity contribution in [3.05, 3.63) is 57.8 Å². The van der Waals surface area contributed by atoms with Crippen LogP contribution in [0, 0.1) is 0 Å².